The number of pyridine rings is 1. The Morgan fingerprint density at radius 2 is 2.11 bits per heavy atom. The number of thiophene rings is 1. The molecular weight excluding hydrogens is 313 g/mol. The summed E-state index contributed by atoms with van der Waals surface area (Å²) in [6.07, 6.45) is 0. The van der Waals surface area contributed by atoms with Gasteiger partial charge in [-0.15, -0.1) is 11.3 Å². The summed E-state index contributed by atoms with van der Waals surface area (Å²) in [6.45, 7) is 1.89. The molecule has 2 aromatic heterocycles. The summed E-state index contributed by atoms with van der Waals surface area (Å²) in [5, 5.41) is 7.05. The molecule has 0 aromatic carbocycles. The number of hydrazone groups is 1. The first-order valence-corrected chi connectivity index (χ1v) is 6.95. The zero-order chi connectivity index (χ0) is 13.1. The molecule has 1 N–H and O–H groups in total. The van der Waals surface area contributed by atoms with Gasteiger partial charge in [0.05, 0.1) is 15.8 Å². The molecule has 0 atom stereocenters. The average Bonchev–Trinajstić information content (AvgIpc) is 2.85. The molecule has 0 aliphatic rings. The highest BCUT2D eigenvalue weighted by Gasteiger charge is 2.07. The Morgan fingerprint density at radius 1 is 1.33 bits per heavy atom. The van der Waals surface area contributed by atoms with E-state index in [1.54, 1.807) is 11.3 Å². The molecule has 0 unspecified atom stereocenters. The number of anilines is 1. The van der Waals surface area contributed by atoms with E-state index in [4.69, 9.17) is 34.8 Å². The van der Waals surface area contributed by atoms with Crippen molar-refractivity contribution < 1.29 is 0 Å². The maximum atomic E-state index is 5.98. The second kappa shape index (κ2) is 5.89. The Balaban J connectivity index is 2.20. The molecule has 0 saturated carbocycles. The van der Waals surface area contributed by atoms with Crippen LogP contribution in [0.3, 0.4) is 0 Å². The second-order valence-electron chi connectivity index (χ2n) is 3.38. The lowest BCUT2D eigenvalue weighted by Crippen LogP contribution is -1.99. The first-order valence-electron chi connectivity index (χ1n) is 4.93. The van der Waals surface area contributed by atoms with E-state index < -0.39 is 0 Å². The van der Waals surface area contributed by atoms with Crippen molar-refractivity contribution in [2.45, 2.75) is 6.92 Å². The van der Waals surface area contributed by atoms with Crippen molar-refractivity contribution in [2.75, 3.05) is 5.43 Å². The second-order valence-corrected chi connectivity index (χ2v) is 5.50. The maximum absolute atomic E-state index is 5.98. The first-order chi connectivity index (χ1) is 8.58. The minimum absolute atomic E-state index is 0.188. The van der Waals surface area contributed by atoms with Gasteiger partial charge in [-0.3, -0.25) is 5.43 Å². The molecule has 0 radical (unpaired) electrons. The van der Waals surface area contributed by atoms with Crippen molar-refractivity contribution in [2.24, 2.45) is 5.10 Å². The molecule has 0 fully saturated rings. The third kappa shape index (κ3) is 3.14. The van der Waals surface area contributed by atoms with Crippen molar-refractivity contribution in [3.8, 4) is 0 Å². The molecule has 0 amide bonds. The highest BCUT2D eigenvalue weighted by molar-refractivity contribution is 7.12. The zero-order valence-electron chi connectivity index (χ0n) is 9.25. The van der Waals surface area contributed by atoms with Gasteiger partial charge in [-0.25, -0.2) is 4.98 Å². The lowest BCUT2D eigenvalue weighted by atomic mass is 10.3. The summed E-state index contributed by atoms with van der Waals surface area (Å²) in [5.41, 5.74) is 3.62. The van der Waals surface area contributed by atoms with Crippen LogP contribution in [-0.2, 0) is 0 Å². The van der Waals surface area contributed by atoms with Crippen LogP contribution < -0.4 is 5.43 Å². The van der Waals surface area contributed by atoms with Crippen LogP contribution >= 0.6 is 46.1 Å². The standard InChI is InChI=1S/C11H8Cl3N3S/c1-6(9-3-2-4-18-9)16-17-11-8(13)5-7(12)10(14)15-11/h2-5H,1H3,(H,15,17). The molecule has 0 spiro atoms. The Bertz CT molecular complexity index is 581. The third-order valence-corrected chi connectivity index (χ3v) is 4.03. The van der Waals surface area contributed by atoms with Crippen molar-refractivity contribution in [3.05, 3.63) is 43.7 Å². The van der Waals surface area contributed by atoms with Gasteiger partial charge in [0.1, 0.15) is 5.15 Å². The van der Waals surface area contributed by atoms with Crippen molar-refractivity contribution in [1.29, 1.82) is 0 Å². The highest BCUT2D eigenvalue weighted by Crippen LogP contribution is 2.28. The monoisotopic (exact) mass is 319 g/mol. The SMILES string of the molecule is CC(=NNc1nc(Cl)c(Cl)cc1Cl)c1cccs1. The van der Waals surface area contributed by atoms with Crippen LogP contribution in [0, 0.1) is 0 Å². The smallest absolute Gasteiger partial charge is 0.166 e. The molecule has 3 nitrogen and oxygen atoms in total. The van der Waals surface area contributed by atoms with E-state index in [0.717, 1.165) is 10.6 Å². The molecule has 0 aliphatic carbocycles. The third-order valence-electron chi connectivity index (χ3n) is 2.09. The molecule has 94 valence electrons. The van der Waals surface area contributed by atoms with Crippen LogP contribution in [0.15, 0.2) is 28.7 Å². The first kappa shape index (κ1) is 13.6. The fourth-order valence-electron chi connectivity index (χ4n) is 1.20. The zero-order valence-corrected chi connectivity index (χ0v) is 12.3. The summed E-state index contributed by atoms with van der Waals surface area (Å²) in [6, 6.07) is 5.47. The molecule has 7 heteroatoms. The predicted molar refractivity (Wildman–Crippen MR) is 79.4 cm³/mol. The predicted octanol–water partition coefficient (Wildman–Crippen LogP) is 4.94. The van der Waals surface area contributed by atoms with Crippen LogP contribution in [0.4, 0.5) is 5.82 Å². The fraction of sp³-hybridized carbons (Fsp3) is 0.0909. The molecular formula is C11H8Cl3N3S. The number of rotatable bonds is 3. The lowest BCUT2D eigenvalue weighted by molar-refractivity contribution is 1.22. The number of hydrogen-bond acceptors (Lipinski definition) is 4. The average molecular weight is 321 g/mol. The van der Waals surface area contributed by atoms with E-state index in [1.807, 2.05) is 24.4 Å². The van der Waals surface area contributed by atoms with Gasteiger partial charge in [0.15, 0.2) is 5.82 Å². The van der Waals surface area contributed by atoms with E-state index in [-0.39, 0.29) is 5.15 Å². The van der Waals surface area contributed by atoms with Crippen LogP contribution in [0.25, 0.3) is 0 Å². The molecule has 2 heterocycles. The van der Waals surface area contributed by atoms with Gasteiger partial charge in [0.25, 0.3) is 0 Å². The lowest BCUT2D eigenvalue weighted by Gasteiger charge is -2.05. The van der Waals surface area contributed by atoms with Crippen LogP contribution in [0.2, 0.25) is 15.2 Å². The van der Waals surface area contributed by atoms with Crippen LogP contribution in [0.5, 0.6) is 0 Å². The number of nitrogens with zero attached hydrogens (tertiary/aromatic N) is 2. The maximum Gasteiger partial charge on any atom is 0.166 e. The molecule has 0 aliphatic heterocycles. The van der Waals surface area contributed by atoms with Gasteiger partial charge in [-0.05, 0) is 24.4 Å². The Morgan fingerprint density at radius 3 is 2.78 bits per heavy atom. The highest BCUT2D eigenvalue weighted by atomic mass is 35.5. The summed E-state index contributed by atoms with van der Waals surface area (Å²) in [5.74, 6) is 0.377. The summed E-state index contributed by atoms with van der Waals surface area (Å²) < 4.78 is 0. The van der Waals surface area contributed by atoms with Gasteiger partial charge < -0.3 is 0 Å². The molecule has 2 rings (SSSR count). The van der Waals surface area contributed by atoms with Gasteiger partial charge in [0.2, 0.25) is 0 Å². The van der Waals surface area contributed by atoms with E-state index in [1.165, 1.54) is 6.07 Å². The number of hydrogen-bond donors (Lipinski definition) is 1. The van der Waals surface area contributed by atoms with Crippen molar-refractivity contribution in [3.63, 3.8) is 0 Å². The topological polar surface area (TPSA) is 37.3 Å². The normalized spacial score (nSPS) is 11.7. The summed E-state index contributed by atoms with van der Waals surface area (Å²) >= 11 is 19.2. The van der Waals surface area contributed by atoms with Gasteiger partial charge in [-0.1, -0.05) is 40.9 Å². The van der Waals surface area contributed by atoms with Crippen LogP contribution in [-0.4, -0.2) is 10.7 Å². The largest absolute Gasteiger partial charge is 0.260 e. The fourth-order valence-corrected chi connectivity index (χ4v) is 2.42. The van der Waals surface area contributed by atoms with Gasteiger partial charge in [0, 0.05) is 4.88 Å². The number of halogens is 3. The summed E-state index contributed by atoms with van der Waals surface area (Å²) in [7, 11) is 0. The van der Waals surface area contributed by atoms with Crippen molar-refractivity contribution in [1.82, 2.24) is 4.98 Å². The number of nitrogens with one attached hydrogen (secondary N) is 1. The van der Waals surface area contributed by atoms with Crippen LogP contribution in [0.1, 0.15) is 11.8 Å². The van der Waals surface area contributed by atoms with Gasteiger partial charge >= 0.3 is 0 Å². The van der Waals surface area contributed by atoms with E-state index in [0.29, 0.717) is 15.9 Å². The Labute approximate surface area is 123 Å². The molecule has 18 heavy (non-hydrogen) atoms. The van der Waals surface area contributed by atoms with E-state index in [2.05, 4.69) is 15.5 Å². The quantitative estimate of drug-likeness (QED) is 0.494. The molecule has 2 aromatic rings. The Kier molecular flexibility index (Phi) is 4.45. The minimum Gasteiger partial charge on any atom is -0.260 e. The molecule has 0 saturated heterocycles. The number of aromatic nitrogens is 1. The summed E-state index contributed by atoms with van der Waals surface area (Å²) in [4.78, 5) is 5.08. The minimum atomic E-state index is 0.188. The van der Waals surface area contributed by atoms with Crippen molar-refractivity contribution >= 4 is 57.7 Å². The van der Waals surface area contributed by atoms with Gasteiger partial charge in [-0.2, -0.15) is 5.10 Å². The van der Waals surface area contributed by atoms with E-state index >= 15 is 0 Å². The van der Waals surface area contributed by atoms with E-state index in [9.17, 15) is 0 Å². The molecule has 0 bridgehead atoms. The Hall–Kier alpha value is -0.810.